The largest absolute Gasteiger partial charge is 0.382 e. The van der Waals surface area contributed by atoms with E-state index >= 15 is 0 Å². The Morgan fingerprint density at radius 3 is 2.28 bits per heavy atom. The molecule has 0 unspecified atom stereocenters. The van der Waals surface area contributed by atoms with Gasteiger partial charge in [0.2, 0.25) is 5.91 Å². The molecule has 0 saturated heterocycles. The molecule has 2 N–H and O–H groups in total. The second-order valence-corrected chi connectivity index (χ2v) is 7.74. The molecule has 0 fully saturated rings. The Morgan fingerprint density at radius 2 is 1.66 bits per heavy atom. The normalized spacial score (nSPS) is 13.7. The molecule has 0 spiro atoms. The number of carbonyl (C=O) groups is 3. The molecule has 168 valence electrons. The lowest BCUT2D eigenvalue weighted by atomic mass is 10.0. The molecule has 2 aromatic rings. The number of nitrogens with zero attached hydrogens (tertiary/aromatic N) is 1. The molecular weight excluding hydrogens is 406 g/mol. The molecule has 1 heterocycles. The number of benzene rings is 2. The predicted octanol–water partition coefficient (Wildman–Crippen LogP) is 3.88. The maximum atomic E-state index is 13.3. The van der Waals surface area contributed by atoms with Crippen molar-refractivity contribution in [2.45, 2.75) is 34.1 Å². The highest BCUT2D eigenvalue weighted by Crippen LogP contribution is 2.31. The molecule has 3 rings (SSSR count). The minimum Gasteiger partial charge on any atom is -0.382 e. The van der Waals surface area contributed by atoms with E-state index in [1.807, 2.05) is 39.0 Å². The minimum atomic E-state index is -0.356. The monoisotopic (exact) mass is 435 g/mol. The van der Waals surface area contributed by atoms with Gasteiger partial charge >= 0.3 is 0 Å². The molecular formula is C25H29N3O4. The molecule has 1 aliphatic heterocycles. The van der Waals surface area contributed by atoms with Gasteiger partial charge in [-0.05, 0) is 68.1 Å². The zero-order chi connectivity index (χ0) is 23.3. The number of anilines is 2. The van der Waals surface area contributed by atoms with Gasteiger partial charge in [-0.15, -0.1) is 0 Å². The van der Waals surface area contributed by atoms with Gasteiger partial charge in [0, 0.05) is 38.1 Å². The van der Waals surface area contributed by atoms with Crippen LogP contribution in [-0.4, -0.2) is 42.4 Å². The van der Waals surface area contributed by atoms with Crippen molar-refractivity contribution in [1.82, 2.24) is 4.90 Å². The van der Waals surface area contributed by atoms with Gasteiger partial charge in [-0.25, -0.2) is 0 Å². The van der Waals surface area contributed by atoms with E-state index in [1.54, 1.807) is 24.3 Å². The maximum absolute atomic E-state index is 13.3. The Morgan fingerprint density at radius 1 is 0.969 bits per heavy atom. The van der Waals surface area contributed by atoms with E-state index in [2.05, 4.69) is 10.6 Å². The summed E-state index contributed by atoms with van der Waals surface area (Å²) in [6.45, 7) is 8.70. The van der Waals surface area contributed by atoms with Crippen LogP contribution >= 0.6 is 0 Å². The zero-order valence-electron chi connectivity index (χ0n) is 19.0. The molecule has 7 nitrogen and oxygen atoms in total. The number of aryl methyl sites for hydroxylation is 2. The molecule has 32 heavy (non-hydrogen) atoms. The highest BCUT2D eigenvalue weighted by Gasteiger charge is 2.38. The van der Waals surface area contributed by atoms with E-state index in [-0.39, 0.29) is 30.0 Å². The van der Waals surface area contributed by atoms with Crippen molar-refractivity contribution in [3.63, 3.8) is 0 Å². The van der Waals surface area contributed by atoms with Gasteiger partial charge in [0.1, 0.15) is 5.70 Å². The average molecular weight is 436 g/mol. The van der Waals surface area contributed by atoms with Crippen LogP contribution in [0.5, 0.6) is 0 Å². The predicted molar refractivity (Wildman–Crippen MR) is 125 cm³/mol. The number of rotatable bonds is 9. The summed E-state index contributed by atoms with van der Waals surface area (Å²) in [5.41, 5.74) is 4.77. The number of ether oxygens (including phenoxy) is 1. The van der Waals surface area contributed by atoms with Crippen molar-refractivity contribution in [1.29, 1.82) is 0 Å². The van der Waals surface area contributed by atoms with Crippen molar-refractivity contribution in [3.05, 3.63) is 64.9 Å². The van der Waals surface area contributed by atoms with E-state index in [1.165, 1.54) is 11.8 Å². The van der Waals surface area contributed by atoms with Crippen LogP contribution in [0.25, 0.3) is 5.57 Å². The van der Waals surface area contributed by atoms with Crippen LogP contribution in [-0.2, 0) is 19.1 Å². The molecule has 0 aromatic heterocycles. The van der Waals surface area contributed by atoms with E-state index in [0.717, 1.165) is 16.8 Å². The molecule has 2 aromatic carbocycles. The van der Waals surface area contributed by atoms with Gasteiger partial charge < -0.3 is 15.4 Å². The fraction of sp³-hybridized carbons (Fsp3) is 0.320. The van der Waals surface area contributed by atoms with Gasteiger partial charge in [-0.3, -0.25) is 19.3 Å². The topological polar surface area (TPSA) is 87.7 Å². The van der Waals surface area contributed by atoms with Gasteiger partial charge in [0.05, 0.1) is 5.57 Å². The Hall–Kier alpha value is -3.45. The summed E-state index contributed by atoms with van der Waals surface area (Å²) in [5, 5.41) is 5.89. The highest BCUT2D eigenvalue weighted by molar-refractivity contribution is 6.36. The standard InChI is InChI=1S/C25H29N3O4/c1-5-32-14-6-13-28-24(30)22(19-8-11-20(12-9-19)26-18(4)29)23(25(28)31)27-21-10-7-16(2)17(3)15-21/h7-12,15,27H,5-6,13-14H2,1-4H3,(H,26,29). The van der Waals surface area contributed by atoms with Crippen molar-refractivity contribution in [3.8, 4) is 0 Å². The van der Waals surface area contributed by atoms with Crippen LogP contribution in [0.3, 0.4) is 0 Å². The van der Waals surface area contributed by atoms with Crippen LogP contribution in [0.4, 0.5) is 11.4 Å². The SMILES string of the molecule is CCOCCCN1C(=O)C(Nc2ccc(C)c(C)c2)=C(c2ccc(NC(C)=O)cc2)C1=O. The molecule has 0 bridgehead atoms. The van der Waals surface area contributed by atoms with Crippen molar-refractivity contribution >= 4 is 34.7 Å². The lowest BCUT2D eigenvalue weighted by Crippen LogP contribution is -2.34. The van der Waals surface area contributed by atoms with Crippen LogP contribution in [0.2, 0.25) is 0 Å². The van der Waals surface area contributed by atoms with Gasteiger partial charge in [0.25, 0.3) is 11.8 Å². The van der Waals surface area contributed by atoms with Gasteiger partial charge in [-0.1, -0.05) is 18.2 Å². The lowest BCUT2D eigenvalue weighted by molar-refractivity contribution is -0.137. The maximum Gasteiger partial charge on any atom is 0.278 e. The van der Waals surface area contributed by atoms with Crippen LogP contribution in [0, 0.1) is 13.8 Å². The number of amides is 3. The molecule has 0 radical (unpaired) electrons. The van der Waals surface area contributed by atoms with E-state index in [4.69, 9.17) is 4.74 Å². The second-order valence-electron chi connectivity index (χ2n) is 7.74. The molecule has 3 amide bonds. The Balaban J connectivity index is 1.95. The summed E-state index contributed by atoms with van der Waals surface area (Å²) in [5.74, 6) is -0.877. The molecule has 1 aliphatic rings. The zero-order valence-corrected chi connectivity index (χ0v) is 19.0. The first-order valence-corrected chi connectivity index (χ1v) is 10.7. The quantitative estimate of drug-likeness (QED) is 0.461. The Kier molecular flexibility index (Phi) is 7.43. The van der Waals surface area contributed by atoms with Gasteiger partial charge in [-0.2, -0.15) is 0 Å². The van der Waals surface area contributed by atoms with Crippen molar-refractivity contribution < 1.29 is 19.1 Å². The summed E-state index contributed by atoms with van der Waals surface area (Å²) < 4.78 is 5.35. The highest BCUT2D eigenvalue weighted by atomic mass is 16.5. The molecule has 0 atom stereocenters. The molecule has 0 aliphatic carbocycles. The fourth-order valence-electron chi connectivity index (χ4n) is 3.52. The van der Waals surface area contributed by atoms with Crippen LogP contribution in [0.1, 0.15) is 37.0 Å². The first-order valence-electron chi connectivity index (χ1n) is 10.7. The van der Waals surface area contributed by atoms with E-state index in [0.29, 0.717) is 36.5 Å². The number of hydrogen-bond acceptors (Lipinski definition) is 5. The first-order chi connectivity index (χ1) is 15.3. The summed E-state index contributed by atoms with van der Waals surface area (Å²) in [6, 6.07) is 12.7. The Labute approximate surface area is 188 Å². The summed E-state index contributed by atoms with van der Waals surface area (Å²) in [4.78, 5) is 39.0. The Bertz CT molecular complexity index is 1060. The third kappa shape index (κ3) is 5.23. The fourth-order valence-corrected chi connectivity index (χ4v) is 3.52. The third-order valence-electron chi connectivity index (χ3n) is 5.31. The number of nitrogens with one attached hydrogen (secondary N) is 2. The van der Waals surface area contributed by atoms with Gasteiger partial charge in [0.15, 0.2) is 0 Å². The van der Waals surface area contributed by atoms with Crippen molar-refractivity contribution in [2.24, 2.45) is 0 Å². The minimum absolute atomic E-state index is 0.179. The number of imide groups is 1. The third-order valence-corrected chi connectivity index (χ3v) is 5.31. The summed E-state index contributed by atoms with van der Waals surface area (Å²) >= 11 is 0. The second kappa shape index (κ2) is 10.2. The smallest absolute Gasteiger partial charge is 0.278 e. The average Bonchev–Trinajstić information content (AvgIpc) is 2.98. The number of carbonyl (C=O) groups excluding carboxylic acids is 3. The summed E-state index contributed by atoms with van der Waals surface area (Å²) in [6.07, 6.45) is 0.566. The van der Waals surface area contributed by atoms with E-state index in [9.17, 15) is 14.4 Å². The van der Waals surface area contributed by atoms with Crippen molar-refractivity contribution in [2.75, 3.05) is 30.4 Å². The van der Waals surface area contributed by atoms with Crippen LogP contribution < -0.4 is 10.6 Å². The molecule has 7 heteroatoms. The van der Waals surface area contributed by atoms with Crippen LogP contribution in [0.15, 0.2) is 48.2 Å². The summed E-state index contributed by atoms with van der Waals surface area (Å²) in [7, 11) is 0. The number of hydrogen-bond donors (Lipinski definition) is 2. The lowest BCUT2D eigenvalue weighted by Gasteiger charge is -2.15. The van der Waals surface area contributed by atoms with E-state index < -0.39 is 0 Å². The first kappa shape index (κ1) is 23.2. The molecule has 0 saturated carbocycles.